The first kappa shape index (κ1) is 18.7. The van der Waals surface area contributed by atoms with E-state index in [1.807, 2.05) is 23.2 Å². The van der Waals surface area contributed by atoms with Crippen LogP contribution in [0.1, 0.15) is 63.1 Å². The van der Waals surface area contributed by atoms with Gasteiger partial charge in [0.05, 0.1) is 25.5 Å². The number of ether oxygens (including phenoxy) is 1. The van der Waals surface area contributed by atoms with Gasteiger partial charge in [-0.1, -0.05) is 25.8 Å². The predicted octanol–water partition coefficient (Wildman–Crippen LogP) is 3.26. The van der Waals surface area contributed by atoms with E-state index in [1.54, 1.807) is 6.33 Å². The first-order valence-corrected chi connectivity index (χ1v) is 11.2. The van der Waals surface area contributed by atoms with Crippen molar-refractivity contribution in [1.29, 1.82) is 0 Å². The molecule has 160 valence electrons. The summed E-state index contributed by atoms with van der Waals surface area (Å²) in [5, 5.41) is 8.66. The van der Waals surface area contributed by atoms with E-state index in [-0.39, 0.29) is 6.04 Å². The molecule has 5 heterocycles. The molecule has 0 N–H and O–H groups in total. The molecule has 0 bridgehead atoms. The molecule has 0 aromatic carbocycles. The van der Waals surface area contributed by atoms with Crippen molar-refractivity contribution < 1.29 is 4.74 Å². The average Bonchev–Trinajstić information content (AvgIpc) is 3.59. The summed E-state index contributed by atoms with van der Waals surface area (Å²) >= 11 is 0. The molecule has 3 aromatic heterocycles. The molecule has 3 aliphatic rings. The quantitative estimate of drug-likeness (QED) is 0.643. The van der Waals surface area contributed by atoms with Gasteiger partial charge in [-0.2, -0.15) is 4.98 Å². The van der Waals surface area contributed by atoms with E-state index in [0.29, 0.717) is 25.2 Å². The lowest BCUT2D eigenvalue weighted by molar-refractivity contribution is 0.161. The van der Waals surface area contributed by atoms with Gasteiger partial charge in [0.25, 0.3) is 0 Å². The highest BCUT2D eigenvalue weighted by Gasteiger charge is 2.38. The highest BCUT2D eigenvalue weighted by molar-refractivity contribution is 5.65. The van der Waals surface area contributed by atoms with Crippen molar-refractivity contribution in [3.8, 4) is 11.6 Å². The van der Waals surface area contributed by atoms with Crippen molar-refractivity contribution in [2.75, 3.05) is 18.1 Å². The Kier molecular flexibility index (Phi) is 4.56. The second kappa shape index (κ2) is 7.56. The predicted molar refractivity (Wildman–Crippen MR) is 115 cm³/mol. The van der Waals surface area contributed by atoms with Crippen LogP contribution < -0.4 is 4.90 Å². The third-order valence-electron chi connectivity index (χ3n) is 6.66. The number of hydrogen-bond donors (Lipinski definition) is 0. The van der Waals surface area contributed by atoms with Crippen molar-refractivity contribution >= 4 is 11.4 Å². The van der Waals surface area contributed by atoms with Crippen LogP contribution in [0.25, 0.3) is 17.2 Å². The normalized spacial score (nSPS) is 21.1. The van der Waals surface area contributed by atoms with E-state index in [0.717, 1.165) is 36.0 Å². The second-order valence-electron chi connectivity index (χ2n) is 8.38. The SMILES string of the molecule is CC[C@@H]1c2nncn2-c2cnc(-n3ccnc3C3=CCOCC3)nc2N1C1CCCC1. The van der Waals surface area contributed by atoms with Gasteiger partial charge in [-0.05, 0) is 31.3 Å². The Balaban J connectivity index is 1.49. The number of aromatic nitrogens is 7. The maximum atomic E-state index is 5.47. The molecule has 9 nitrogen and oxygen atoms in total. The minimum atomic E-state index is 0.168. The van der Waals surface area contributed by atoms with Gasteiger partial charge >= 0.3 is 0 Å². The van der Waals surface area contributed by atoms with E-state index in [4.69, 9.17) is 14.7 Å². The second-order valence-corrected chi connectivity index (χ2v) is 8.38. The fourth-order valence-corrected chi connectivity index (χ4v) is 5.18. The molecule has 3 aromatic rings. The maximum absolute atomic E-state index is 5.47. The first-order valence-electron chi connectivity index (χ1n) is 11.2. The molecule has 1 aliphatic carbocycles. The monoisotopic (exact) mass is 418 g/mol. The third-order valence-corrected chi connectivity index (χ3v) is 6.66. The molecule has 0 saturated heterocycles. The Labute approximate surface area is 180 Å². The van der Waals surface area contributed by atoms with Crippen LogP contribution in [-0.2, 0) is 4.74 Å². The van der Waals surface area contributed by atoms with E-state index < -0.39 is 0 Å². The number of fused-ring (bicyclic) bond motifs is 3. The van der Waals surface area contributed by atoms with Gasteiger partial charge in [-0.3, -0.25) is 9.13 Å². The molecule has 0 unspecified atom stereocenters. The van der Waals surface area contributed by atoms with Gasteiger partial charge in [-0.15, -0.1) is 10.2 Å². The molecular weight excluding hydrogens is 392 g/mol. The van der Waals surface area contributed by atoms with Crippen LogP contribution >= 0.6 is 0 Å². The summed E-state index contributed by atoms with van der Waals surface area (Å²) in [6.45, 7) is 3.55. The lowest BCUT2D eigenvalue weighted by Gasteiger charge is -2.40. The summed E-state index contributed by atoms with van der Waals surface area (Å²) in [7, 11) is 0. The van der Waals surface area contributed by atoms with Crippen molar-refractivity contribution in [2.45, 2.75) is 57.5 Å². The summed E-state index contributed by atoms with van der Waals surface area (Å²) in [6.07, 6.45) is 16.2. The summed E-state index contributed by atoms with van der Waals surface area (Å²) in [5.74, 6) is 3.49. The van der Waals surface area contributed by atoms with Crippen LogP contribution in [0.3, 0.4) is 0 Å². The Bertz CT molecular complexity index is 1130. The maximum Gasteiger partial charge on any atom is 0.237 e. The molecule has 6 rings (SSSR count). The smallest absolute Gasteiger partial charge is 0.237 e. The van der Waals surface area contributed by atoms with Crippen LogP contribution in [0, 0.1) is 0 Å². The first-order chi connectivity index (χ1) is 15.3. The standard InChI is InChI=1S/C22H26N8O/c1-2-17-21-27-25-14-29(21)18-13-24-22(26-20(18)30(17)16-5-3-4-6-16)28-10-9-23-19(28)15-7-11-31-12-8-15/h7,9-10,13-14,16-17H,2-6,8,11-12H2,1H3/t17-/m1/s1. The lowest BCUT2D eigenvalue weighted by Crippen LogP contribution is -2.42. The van der Waals surface area contributed by atoms with Crippen molar-refractivity contribution in [3.63, 3.8) is 0 Å². The Morgan fingerprint density at radius 3 is 2.87 bits per heavy atom. The molecular formula is C22H26N8O. The van der Waals surface area contributed by atoms with E-state index in [1.165, 1.54) is 31.3 Å². The van der Waals surface area contributed by atoms with Crippen LogP contribution in [0.5, 0.6) is 0 Å². The van der Waals surface area contributed by atoms with Gasteiger partial charge in [-0.25, -0.2) is 9.97 Å². The number of imidazole rings is 1. The molecule has 1 saturated carbocycles. The average molecular weight is 419 g/mol. The van der Waals surface area contributed by atoms with Crippen LogP contribution in [0.2, 0.25) is 0 Å². The number of rotatable bonds is 4. The van der Waals surface area contributed by atoms with Crippen LogP contribution in [0.15, 0.2) is 31.0 Å². The lowest BCUT2D eigenvalue weighted by atomic mass is 10.0. The van der Waals surface area contributed by atoms with Gasteiger partial charge in [0, 0.05) is 18.4 Å². The summed E-state index contributed by atoms with van der Waals surface area (Å²) < 4.78 is 9.52. The molecule has 1 fully saturated rings. The largest absolute Gasteiger partial charge is 0.377 e. The molecule has 9 heteroatoms. The van der Waals surface area contributed by atoms with E-state index >= 15 is 0 Å². The zero-order chi connectivity index (χ0) is 20.8. The van der Waals surface area contributed by atoms with Crippen molar-refractivity contribution in [3.05, 3.63) is 42.6 Å². The molecule has 0 radical (unpaired) electrons. The summed E-state index contributed by atoms with van der Waals surface area (Å²) in [6, 6.07) is 0.638. The minimum absolute atomic E-state index is 0.168. The van der Waals surface area contributed by atoms with Gasteiger partial charge in [0.15, 0.2) is 11.6 Å². The van der Waals surface area contributed by atoms with E-state index in [9.17, 15) is 0 Å². The molecule has 0 amide bonds. The van der Waals surface area contributed by atoms with Crippen LogP contribution in [0.4, 0.5) is 5.82 Å². The molecule has 1 atom stereocenters. The van der Waals surface area contributed by atoms with Crippen LogP contribution in [-0.4, -0.2) is 53.5 Å². The molecule has 2 aliphatic heterocycles. The topological polar surface area (TPSA) is 86.8 Å². The Hall–Kier alpha value is -3.07. The van der Waals surface area contributed by atoms with Gasteiger partial charge in [0.2, 0.25) is 5.95 Å². The fraction of sp³-hybridized carbons (Fsp3) is 0.500. The van der Waals surface area contributed by atoms with Crippen molar-refractivity contribution in [1.82, 2.24) is 34.3 Å². The number of nitrogens with zero attached hydrogens (tertiary/aromatic N) is 8. The van der Waals surface area contributed by atoms with Gasteiger partial charge in [0.1, 0.15) is 17.8 Å². The Morgan fingerprint density at radius 2 is 2.06 bits per heavy atom. The number of hydrogen-bond acceptors (Lipinski definition) is 7. The highest BCUT2D eigenvalue weighted by atomic mass is 16.5. The fourth-order valence-electron chi connectivity index (χ4n) is 5.18. The molecule has 0 spiro atoms. The third kappa shape index (κ3) is 2.98. The zero-order valence-corrected chi connectivity index (χ0v) is 17.7. The zero-order valence-electron chi connectivity index (χ0n) is 17.7. The molecule has 31 heavy (non-hydrogen) atoms. The Morgan fingerprint density at radius 1 is 1.16 bits per heavy atom. The highest BCUT2D eigenvalue weighted by Crippen LogP contribution is 2.42. The van der Waals surface area contributed by atoms with Gasteiger partial charge < -0.3 is 9.64 Å². The van der Waals surface area contributed by atoms with E-state index in [2.05, 4.69) is 37.6 Å². The van der Waals surface area contributed by atoms with Crippen molar-refractivity contribution in [2.24, 2.45) is 0 Å². The summed E-state index contributed by atoms with van der Waals surface area (Å²) in [4.78, 5) is 16.9. The minimum Gasteiger partial charge on any atom is -0.377 e. The number of anilines is 1. The summed E-state index contributed by atoms with van der Waals surface area (Å²) in [5.41, 5.74) is 2.13.